The summed E-state index contributed by atoms with van der Waals surface area (Å²) >= 11 is 0. The number of carbonyl (C=O) groups excluding carboxylic acids is 1. The molecule has 0 saturated carbocycles. The number of aromatic nitrogens is 3. The van der Waals surface area contributed by atoms with Gasteiger partial charge in [-0.15, -0.1) is 0 Å². The number of anilines is 1. The van der Waals surface area contributed by atoms with Crippen LogP contribution < -0.4 is 5.32 Å². The van der Waals surface area contributed by atoms with Gasteiger partial charge in [-0.1, -0.05) is 65.8 Å². The lowest BCUT2D eigenvalue weighted by Gasteiger charge is -2.18. The number of carboxylic acids is 1. The van der Waals surface area contributed by atoms with Gasteiger partial charge in [0.25, 0.3) is 0 Å². The minimum absolute atomic E-state index is 0.00700. The molecule has 0 radical (unpaired) electrons. The number of benzene rings is 2. The highest BCUT2D eigenvalue weighted by Crippen LogP contribution is 2.29. The van der Waals surface area contributed by atoms with Crippen molar-refractivity contribution in [3.05, 3.63) is 89.8 Å². The maximum atomic E-state index is 13.1. The van der Waals surface area contributed by atoms with Crippen molar-refractivity contribution in [3.8, 4) is 17.4 Å². The molecular weight excluding hydrogens is 400 g/mol. The first-order valence-corrected chi connectivity index (χ1v) is 9.20. The minimum Gasteiger partial charge on any atom is -0.492 e. The van der Waals surface area contributed by atoms with Crippen LogP contribution in [0, 0.1) is 0 Å². The molecule has 3 N–H and O–H groups in total. The van der Waals surface area contributed by atoms with E-state index in [1.54, 1.807) is 0 Å². The Hall–Kier alpha value is -4.53. The summed E-state index contributed by atoms with van der Waals surface area (Å²) in [5.41, 5.74) is 1.61. The molecule has 154 valence electrons. The molecule has 4 rings (SSSR count). The maximum absolute atomic E-state index is 13.1. The summed E-state index contributed by atoms with van der Waals surface area (Å²) in [5, 5.41) is 25.4. The number of carbonyl (C=O) groups is 2. The average Bonchev–Trinajstić information content (AvgIpc) is 3.28. The van der Waals surface area contributed by atoms with Crippen LogP contribution in [-0.4, -0.2) is 37.2 Å². The maximum Gasteiger partial charge on any atom is 0.374 e. The molecule has 31 heavy (non-hydrogen) atoms. The SMILES string of the molecule is O=C(O)c1cc(-c2ncc(NC(=O)C(c3ccccc3)c3ccccc3)c(O)n2)no1. The molecule has 0 spiro atoms. The standard InChI is InChI=1S/C22H16N4O5/c27-20-16(12-23-19(25-20)15-11-17(22(29)30)31-26-15)24-21(28)18(13-7-3-1-4-8-13)14-9-5-2-6-10-14/h1-12,18H,(H,24,28)(H,29,30)(H,23,25,27). The Balaban J connectivity index is 1.61. The van der Waals surface area contributed by atoms with Crippen LogP contribution in [-0.2, 0) is 4.79 Å². The summed E-state index contributed by atoms with van der Waals surface area (Å²) in [4.78, 5) is 32.0. The van der Waals surface area contributed by atoms with Crippen LogP contribution in [0.2, 0.25) is 0 Å². The van der Waals surface area contributed by atoms with E-state index < -0.39 is 17.8 Å². The second-order valence-electron chi connectivity index (χ2n) is 6.56. The molecule has 0 unspecified atom stereocenters. The van der Waals surface area contributed by atoms with Crippen molar-refractivity contribution in [2.45, 2.75) is 5.92 Å². The molecule has 2 aromatic carbocycles. The van der Waals surface area contributed by atoms with E-state index in [4.69, 9.17) is 5.11 Å². The Bertz CT molecular complexity index is 1190. The lowest BCUT2D eigenvalue weighted by atomic mass is 9.90. The molecule has 0 saturated heterocycles. The van der Waals surface area contributed by atoms with Crippen LogP contribution in [0.15, 0.2) is 77.4 Å². The van der Waals surface area contributed by atoms with Crippen LogP contribution in [0.3, 0.4) is 0 Å². The van der Waals surface area contributed by atoms with Crippen molar-refractivity contribution in [1.29, 1.82) is 0 Å². The molecule has 2 aromatic heterocycles. The highest BCUT2D eigenvalue weighted by Gasteiger charge is 2.24. The van der Waals surface area contributed by atoms with Gasteiger partial charge < -0.3 is 20.1 Å². The zero-order valence-electron chi connectivity index (χ0n) is 16.0. The Kier molecular flexibility index (Phi) is 5.39. The molecule has 0 aliphatic heterocycles. The number of hydrogen-bond donors (Lipinski definition) is 3. The third kappa shape index (κ3) is 4.25. The van der Waals surface area contributed by atoms with Gasteiger partial charge in [0.2, 0.25) is 17.5 Å². The van der Waals surface area contributed by atoms with Crippen LogP contribution in [0.4, 0.5) is 5.69 Å². The quantitative estimate of drug-likeness (QED) is 0.435. The number of nitrogens with one attached hydrogen (secondary N) is 1. The molecule has 9 nitrogen and oxygen atoms in total. The summed E-state index contributed by atoms with van der Waals surface area (Å²) in [5.74, 6) is -3.20. The molecule has 0 bridgehead atoms. The first-order chi connectivity index (χ1) is 15.0. The van der Waals surface area contributed by atoms with Gasteiger partial charge in [0.05, 0.1) is 12.1 Å². The molecule has 4 aromatic rings. The van der Waals surface area contributed by atoms with E-state index in [0.717, 1.165) is 17.2 Å². The van der Waals surface area contributed by atoms with Crippen LogP contribution in [0.25, 0.3) is 11.5 Å². The molecule has 0 atom stereocenters. The fraction of sp³-hybridized carbons (Fsp3) is 0.0455. The summed E-state index contributed by atoms with van der Waals surface area (Å²) in [7, 11) is 0. The highest BCUT2D eigenvalue weighted by molar-refractivity contribution is 5.98. The summed E-state index contributed by atoms with van der Waals surface area (Å²) in [6, 6.07) is 19.6. The Morgan fingerprint density at radius 3 is 2.10 bits per heavy atom. The van der Waals surface area contributed by atoms with E-state index in [1.165, 1.54) is 6.20 Å². The Morgan fingerprint density at radius 2 is 1.58 bits per heavy atom. The first kappa shape index (κ1) is 19.8. The van der Waals surface area contributed by atoms with Gasteiger partial charge in [0.1, 0.15) is 5.69 Å². The molecule has 0 aliphatic rings. The first-order valence-electron chi connectivity index (χ1n) is 9.20. The van der Waals surface area contributed by atoms with Crippen molar-refractivity contribution in [2.75, 3.05) is 5.32 Å². The molecule has 2 heterocycles. The van der Waals surface area contributed by atoms with Gasteiger partial charge in [-0.25, -0.2) is 9.78 Å². The second-order valence-corrected chi connectivity index (χ2v) is 6.56. The van der Waals surface area contributed by atoms with Crippen LogP contribution in [0.1, 0.15) is 27.6 Å². The van der Waals surface area contributed by atoms with Crippen LogP contribution in [0.5, 0.6) is 5.88 Å². The van der Waals surface area contributed by atoms with Gasteiger partial charge in [0, 0.05) is 6.07 Å². The fourth-order valence-corrected chi connectivity index (χ4v) is 3.06. The number of rotatable bonds is 6. The zero-order chi connectivity index (χ0) is 21.8. The highest BCUT2D eigenvalue weighted by atomic mass is 16.5. The predicted molar refractivity (Wildman–Crippen MR) is 110 cm³/mol. The summed E-state index contributed by atoms with van der Waals surface area (Å²) < 4.78 is 4.66. The lowest BCUT2D eigenvalue weighted by molar-refractivity contribution is -0.116. The number of hydrogen-bond acceptors (Lipinski definition) is 7. The van der Waals surface area contributed by atoms with E-state index in [0.29, 0.717) is 0 Å². The smallest absolute Gasteiger partial charge is 0.374 e. The van der Waals surface area contributed by atoms with E-state index in [9.17, 15) is 14.7 Å². The number of amides is 1. The van der Waals surface area contributed by atoms with Gasteiger partial charge >= 0.3 is 5.97 Å². The summed E-state index contributed by atoms with van der Waals surface area (Å²) in [6.07, 6.45) is 1.22. The molecule has 9 heteroatoms. The monoisotopic (exact) mass is 416 g/mol. The largest absolute Gasteiger partial charge is 0.492 e. The Labute approximate surface area is 176 Å². The van der Waals surface area contributed by atoms with E-state index in [2.05, 4.69) is 25.0 Å². The van der Waals surface area contributed by atoms with Gasteiger partial charge in [0.15, 0.2) is 11.5 Å². The zero-order valence-corrected chi connectivity index (χ0v) is 16.0. The number of aromatic hydroxyl groups is 1. The Morgan fingerprint density at radius 1 is 0.968 bits per heavy atom. The van der Waals surface area contributed by atoms with Crippen molar-refractivity contribution in [2.24, 2.45) is 0 Å². The number of aromatic carboxylic acids is 1. The van der Waals surface area contributed by atoms with Crippen molar-refractivity contribution < 1.29 is 24.3 Å². The third-order valence-electron chi connectivity index (χ3n) is 4.50. The topological polar surface area (TPSA) is 138 Å². The minimum atomic E-state index is -1.29. The fourth-order valence-electron chi connectivity index (χ4n) is 3.06. The normalized spacial score (nSPS) is 10.7. The van der Waals surface area contributed by atoms with Gasteiger partial charge in [-0.3, -0.25) is 4.79 Å². The molecule has 0 fully saturated rings. The third-order valence-corrected chi connectivity index (χ3v) is 4.50. The second kappa shape index (κ2) is 8.46. The number of nitrogens with zero attached hydrogens (tertiary/aromatic N) is 3. The van der Waals surface area contributed by atoms with Crippen molar-refractivity contribution in [1.82, 2.24) is 15.1 Å². The van der Waals surface area contributed by atoms with Gasteiger partial charge in [-0.05, 0) is 11.1 Å². The molecule has 0 aliphatic carbocycles. The van der Waals surface area contributed by atoms with Crippen molar-refractivity contribution in [3.63, 3.8) is 0 Å². The van der Waals surface area contributed by atoms with E-state index in [1.807, 2.05) is 60.7 Å². The van der Waals surface area contributed by atoms with Crippen molar-refractivity contribution >= 4 is 17.6 Å². The van der Waals surface area contributed by atoms with Crippen LogP contribution >= 0.6 is 0 Å². The van der Waals surface area contributed by atoms with E-state index in [-0.39, 0.29) is 28.9 Å². The lowest BCUT2D eigenvalue weighted by Crippen LogP contribution is -2.22. The average molecular weight is 416 g/mol. The molecule has 1 amide bonds. The number of carboxylic acid groups (broad SMARTS) is 1. The predicted octanol–water partition coefficient (Wildman–Crippen LogP) is 3.31. The summed E-state index contributed by atoms with van der Waals surface area (Å²) in [6.45, 7) is 0. The van der Waals surface area contributed by atoms with E-state index >= 15 is 0 Å². The van der Waals surface area contributed by atoms with Gasteiger partial charge in [-0.2, -0.15) is 4.98 Å². The molecular formula is C22H16N4O5.